The third-order valence-corrected chi connectivity index (χ3v) is 4.75. The fraction of sp³-hybridized carbons (Fsp3) is 0.250. The summed E-state index contributed by atoms with van der Waals surface area (Å²) in [7, 11) is 11.6. The Kier molecular flexibility index (Phi) is 5.95. The van der Waals surface area contributed by atoms with E-state index in [0.717, 1.165) is 22.2 Å². The van der Waals surface area contributed by atoms with Gasteiger partial charge in [0.15, 0.2) is 0 Å². The van der Waals surface area contributed by atoms with Crippen LogP contribution in [0.4, 0.5) is 5.69 Å². The highest BCUT2D eigenvalue weighted by Crippen LogP contribution is 2.29. The molecule has 5 unspecified atom stereocenters. The summed E-state index contributed by atoms with van der Waals surface area (Å²) in [6, 6.07) is 5.79. The Balaban J connectivity index is 2.40. The minimum Gasteiger partial charge on any atom is -0.450 e. The first kappa shape index (κ1) is 17.1. The van der Waals surface area contributed by atoms with Crippen molar-refractivity contribution in [3.05, 3.63) is 30.0 Å². The van der Waals surface area contributed by atoms with E-state index in [2.05, 4.69) is 45.6 Å². The molecular formula is C12H19N3O2P4. The molecule has 0 amide bonds. The Bertz CT molecular complexity index is 659. The second-order valence-electron chi connectivity index (χ2n) is 4.65. The summed E-state index contributed by atoms with van der Waals surface area (Å²) >= 11 is 0. The highest BCUT2D eigenvalue weighted by atomic mass is 31.1. The van der Waals surface area contributed by atoms with Crippen LogP contribution in [-0.4, -0.2) is 27.8 Å². The number of anilines is 1. The largest absolute Gasteiger partial charge is 0.450 e. The fourth-order valence-electron chi connectivity index (χ4n) is 2.24. The van der Waals surface area contributed by atoms with Crippen LogP contribution in [0.5, 0.6) is 0 Å². The van der Waals surface area contributed by atoms with Crippen LogP contribution in [0.2, 0.25) is 0 Å². The first-order valence-corrected chi connectivity index (χ1v) is 8.26. The predicted molar refractivity (Wildman–Crippen MR) is 101 cm³/mol. The second-order valence-corrected chi connectivity index (χ2v) is 7.23. The Morgan fingerprint density at radius 3 is 2.76 bits per heavy atom. The zero-order chi connectivity index (χ0) is 15.6. The second kappa shape index (κ2) is 7.32. The van der Waals surface area contributed by atoms with E-state index in [9.17, 15) is 4.79 Å². The third-order valence-electron chi connectivity index (χ3n) is 3.37. The monoisotopic (exact) mass is 361 g/mol. The highest BCUT2D eigenvalue weighted by molar-refractivity contribution is 7.31. The Hall–Kier alpha value is -0.290. The first-order valence-electron chi connectivity index (χ1n) is 6.24. The van der Waals surface area contributed by atoms with E-state index in [1.807, 2.05) is 33.1 Å². The molecule has 1 aromatic carbocycles. The molecule has 0 radical (unpaired) electrons. The zero-order valence-electron chi connectivity index (χ0n) is 11.6. The molecule has 5 atom stereocenters. The molecule has 2 rings (SSSR count). The van der Waals surface area contributed by atoms with Crippen LogP contribution in [0.3, 0.4) is 0 Å². The summed E-state index contributed by atoms with van der Waals surface area (Å²) in [5, 5.41) is 4.25. The average Bonchev–Trinajstić information content (AvgIpc) is 2.79. The van der Waals surface area contributed by atoms with Gasteiger partial charge in [-0.15, -0.1) is 0 Å². The SMILES string of the molecule is CNc1ccc2c(CC(C(=O)OP)N(P)P)cn(P)c2c1. The number of carbonyl (C=O) groups excluding carboxylic acids is 1. The first-order chi connectivity index (χ1) is 9.97. The summed E-state index contributed by atoms with van der Waals surface area (Å²) in [6.45, 7) is 0. The maximum atomic E-state index is 11.9. The molecule has 0 aliphatic rings. The van der Waals surface area contributed by atoms with Crippen LogP contribution in [0, 0.1) is 0 Å². The summed E-state index contributed by atoms with van der Waals surface area (Å²) in [4.78, 5) is 11.9. The summed E-state index contributed by atoms with van der Waals surface area (Å²) in [5.74, 6) is -0.290. The van der Waals surface area contributed by atoms with Crippen molar-refractivity contribution in [2.24, 2.45) is 0 Å². The van der Waals surface area contributed by atoms with Crippen LogP contribution in [0.15, 0.2) is 24.4 Å². The van der Waals surface area contributed by atoms with Crippen molar-refractivity contribution in [1.82, 2.24) is 8.78 Å². The van der Waals surface area contributed by atoms with Crippen LogP contribution >= 0.6 is 37.6 Å². The molecule has 0 spiro atoms. The maximum Gasteiger partial charge on any atom is 0.326 e. The average molecular weight is 361 g/mol. The van der Waals surface area contributed by atoms with E-state index < -0.39 is 0 Å². The van der Waals surface area contributed by atoms with Gasteiger partial charge in [0.1, 0.15) is 6.04 Å². The van der Waals surface area contributed by atoms with Gasteiger partial charge < -0.3 is 14.2 Å². The van der Waals surface area contributed by atoms with Gasteiger partial charge in [-0.2, -0.15) is 0 Å². The molecule has 0 aliphatic heterocycles. The molecule has 1 aromatic heterocycles. The molecule has 9 heteroatoms. The highest BCUT2D eigenvalue weighted by Gasteiger charge is 2.24. The van der Waals surface area contributed by atoms with Crippen molar-refractivity contribution < 1.29 is 9.32 Å². The van der Waals surface area contributed by atoms with E-state index in [1.54, 1.807) is 4.44 Å². The van der Waals surface area contributed by atoms with Crippen LogP contribution in [-0.2, 0) is 15.7 Å². The molecule has 0 saturated carbocycles. The van der Waals surface area contributed by atoms with Gasteiger partial charge >= 0.3 is 5.97 Å². The summed E-state index contributed by atoms with van der Waals surface area (Å²) in [6.07, 6.45) is 2.59. The van der Waals surface area contributed by atoms with Crippen LogP contribution < -0.4 is 5.32 Å². The van der Waals surface area contributed by atoms with Crippen molar-refractivity contribution in [1.29, 1.82) is 0 Å². The molecule has 5 nitrogen and oxygen atoms in total. The lowest BCUT2D eigenvalue weighted by Crippen LogP contribution is -2.31. The van der Waals surface area contributed by atoms with E-state index in [-0.39, 0.29) is 12.0 Å². The zero-order valence-corrected chi connectivity index (χ0v) is 16.2. The van der Waals surface area contributed by atoms with Gasteiger partial charge in [-0.1, -0.05) is 24.8 Å². The van der Waals surface area contributed by atoms with Gasteiger partial charge in [0, 0.05) is 30.7 Å². The number of carbonyl (C=O) groups is 1. The Morgan fingerprint density at radius 2 is 2.19 bits per heavy atom. The molecule has 0 saturated heterocycles. The minimum atomic E-state index is -0.378. The van der Waals surface area contributed by atoms with Gasteiger partial charge in [0.05, 0.1) is 15.0 Å². The van der Waals surface area contributed by atoms with Gasteiger partial charge in [-0.25, -0.2) is 0 Å². The topological polar surface area (TPSA) is 46.5 Å². The summed E-state index contributed by atoms with van der Waals surface area (Å²) < 4.78 is 8.49. The molecule has 21 heavy (non-hydrogen) atoms. The van der Waals surface area contributed by atoms with Gasteiger partial charge in [0.2, 0.25) is 0 Å². The van der Waals surface area contributed by atoms with Gasteiger partial charge in [-0.05, 0) is 27.1 Å². The Labute approximate surface area is 133 Å². The minimum absolute atomic E-state index is 0.290. The molecule has 114 valence electrons. The molecule has 0 aliphatic carbocycles. The normalized spacial score (nSPS) is 12.7. The molecule has 0 fully saturated rings. The number of rotatable bonds is 5. The van der Waals surface area contributed by atoms with Crippen molar-refractivity contribution >= 4 is 60.2 Å². The van der Waals surface area contributed by atoms with Gasteiger partial charge in [0.25, 0.3) is 0 Å². The standard InChI is InChI=1S/C12H19N3O2P4/c1-13-8-2-3-9-7(6-14(18)10(9)5-8)4-11(15(19)20)12(16)17-21/h2-3,5-6,11,13H,4,18-21H2,1H3. The van der Waals surface area contributed by atoms with E-state index in [0.29, 0.717) is 6.42 Å². The van der Waals surface area contributed by atoms with Crippen molar-refractivity contribution in [2.45, 2.75) is 12.5 Å². The van der Waals surface area contributed by atoms with E-state index in [4.69, 9.17) is 4.52 Å². The lowest BCUT2D eigenvalue weighted by Gasteiger charge is -2.20. The maximum absolute atomic E-state index is 11.9. The number of benzene rings is 1. The number of aromatic nitrogens is 1. The van der Waals surface area contributed by atoms with Crippen molar-refractivity contribution in [3.63, 3.8) is 0 Å². The smallest absolute Gasteiger partial charge is 0.326 e. The van der Waals surface area contributed by atoms with Crippen LogP contribution in [0.25, 0.3) is 10.9 Å². The molecule has 2 aromatic rings. The molecule has 1 N–H and O–H groups in total. The predicted octanol–water partition coefficient (Wildman–Crippen LogP) is 2.45. The third kappa shape index (κ3) is 3.73. The Morgan fingerprint density at radius 1 is 1.48 bits per heavy atom. The number of hydrogen-bond acceptors (Lipinski definition) is 4. The number of nitrogens with one attached hydrogen (secondary N) is 1. The lowest BCUT2D eigenvalue weighted by molar-refractivity contribution is -0.136. The number of fused-ring (bicyclic) bond motifs is 1. The number of nitrogens with zero attached hydrogens (tertiary/aromatic N) is 2. The fourth-order valence-corrected chi connectivity index (χ4v) is 3.24. The number of hydrogen-bond donors (Lipinski definition) is 1. The van der Waals surface area contributed by atoms with E-state index in [1.165, 1.54) is 0 Å². The van der Waals surface area contributed by atoms with E-state index >= 15 is 0 Å². The lowest BCUT2D eigenvalue weighted by atomic mass is 10.1. The van der Waals surface area contributed by atoms with Gasteiger partial charge in [-0.3, -0.25) is 9.24 Å². The van der Waals surface area contributed by atoms with Crippen LogP contribution in [0.1, 0.15) is 5.56 Å². The summed E-state index contributed by atoms with van der Waals surface area (Å²) in [5.41, 5.74) is 3.24. The quantitative estimate of drug-likeness (QED) is 0.832. The van der Waals surface area contributed by atoms with Crippen molar-refractivity contribution in [3.8, 4) is 0 Å². The van der Waals surface area contributed by atoms with Crippen molar-refractivity contribution in [2.75, 3.05) is 12.4 Å². The molecule has 1 heterocycles. The molecular weight excluding hydrogens is 342 g/mol. The molecule has 0 bridgehead atoms.